The number of aromatic nitrogens is 4. The summed E-state index contributed by atoms with van der Waals surface area (Å²) in [5.41, 5.74) is 25.5. The summed E-state index contributed by atoms with van der Waals surface area (Å²) in [6.45, 7) is 0. The first kappa shape index (κ1) is 47.9. The van der Waals surface area contributed by atoms with E-state index in [1.807, 2.05) is 72.9 Å². The van der Waals surface area contributed by atoms with Gasteiger partial charge in [0, 0.05) is 22.9 Å². The molecule has 0 N–H and O–H groups in total. The van der Waals surface area contributed by atoms with Gasteiger partial charge in [0.25, 0.3) is 0 Å². The Morgan fingerprint density at radius 3 is 0.950 bits per heavy atom. The van der Waals surface area contributed by atoms with E-state index in [-0.39, 0.29) is 0 Å². The zero-order chi connectivity index (χ0) is 53.2. The van der Waals surface area contributed by atoms with Gasteiger partial charge in [-0.2, -0.15) is 0 Å². The largest absolute Gasteiger partial charge is 0.436 e. The number of aryl methyl sites for hydroxylation is 2. The first-order valence-electron chi connectivity index (χ1n) is 27.0. The summed E-state index contributed by atoms with van der Waals surface area (Å²) in [5.74, 6) is 1.27. The highest BCUT2D eigenvalue weighted by Crippen LogP contribution is 2.35. The Bertz CT molecular complexity index is 4370. The van der Waals surface area contributed by atoms with Crippen LogP contribution < -0.4 is 0 Å². The van der Waals surface area contributed by atoms with Gasteiger partial charge in [0.05, 0.1) is 17.1 Å². The summed E-state index contributed by atoms with van der Waals surface area (Å²) in [6, 6.07) is 95.8. The molecule has 0 unspecified atom stereocenters. The van der Waals surface area contributed by atoms with Crippen molar-refractivity contribution in [2.45, 2.75) is 12.8 Å². The highest BCUT2D eigenvalue weighted by Gasteiger charge is 2.14. The van der Waals surface area contributed by atoms with Crippen molar-refractivity contribution in [3.63, 3.8) is 0 Å². The van der Waals surface area contributed by atoms with Crippen LogP contribution in [0.4, 0.5) is 0 Å². The molecule has 0 aliphatic carbocycles. The average Bonchev–Trinajstić information content (AvgIpc) is 4.20. The molecule has 4 aromatic heterocycles. The van der Waals surface area contributed by atoms with Gasteiger partial charge in [-0.3, -0.25) is 4.98 Å². The second-order valence-electron chi connectivity index (χ2n) is 20.1. The van der Waals surface area contributed by atoms with Gasteiger partial charge in [-0.05, 0) is 157 Å². The summed E-state index contributed by atoms with van der Waals surface area (Å²) in [7, 11) is 0. The highest BCUT2D eigenvalue weighted by molar-refractivity contribution is 5.81. The van der Waals surface area contributed by atoms with Crippen LogP contribution in [0.15, 0.2) is 288 Å². The van der Waals surface area contributed by atoms with Gasteiger partial charge in [0.2, 0.25) is 11.8 Å². The molecule has 0 bridgehead atoms. The van der Waals surface area contributed by atoms with E-state index in [9.17, 15) is 0 Å². The van der Waals surface area contributed by atoms with E-state index in [0.717, 1.165) is 102 Å². The lowest BCUT2D eigenvalue weighted by Crippen LogP contribution is -1.99. The fourth-order valence-electron chi connectivity index (χ4n) is 10.6. The monoisotopic (exact) mass is 1030 g/mol. The molecule has 6 nitrogen and oxygen atoms in total. The van der Waals surface area contributed by atoms with E-state index in [1.165, 1.54) is 44.5 Å². The topological polar surface area (TPSA) is 77.8 Å². The number of fused-ring (bicyclic) bond motifs is 2. The zero-order valence-corrected chi connectivity index (χ0v) is 43.6. The van der Waals surface area contributed by atoms with Crippen LogP contribution in [-0.4, -0.2) is 19.9 Å². The Balaban J connectivity index is 0.625. The molecule has 0 amide bonds. The quantitative estimate of drug-likeness (QED) is 0.114. The number of hydrogen-bond acceptors (Lipinski definition) is 6. The number of nitrogens with zero attached hydrogens (tertiary/aromatic N) is 4. The van der Waals surface area contributed by atoms with Crippen molar-refractivity contribution in [1.29, 1.82) is 0 Å². The average molecular weight is 1030 g/mol. The van der Waals surface area contributed by atoms with Crippen molar-refractivity contribution < 1.29 is 8.83 Å². The molecule has 14 aromatic rings. The molecule has 0 radical (unpaired) electrons. The van der Waals surface area contributed by atoms with Gasteiger partial charge in [0.15, 0.2) is 11.2 Å². The minimum absolute atomic E-state index is 0.632. The van der Waals surface area contributed by atoms with Gasteiger partial charge in [-0.1, -0.05) is 206 Å². The first-order chi connectivity index (χ1) is 39.6. The molecule has 0 fully saturated rings. The van der Waals surface area contributed by atoms with E-state index in [0.29, 0.717) is 11.8 Å². The maximum Gasteiger partial charge on any atom is 0.227 e. The molecule has 0 saturated carbocycles. The van der Waals surface area contributed by atoms with Crippen LogP contribution in [0.3, 0.4) is 0 Å². The molecule has 0 atom stereocenters. The lowest BCUT2D eigenvalue weighted by molar-refractivity contribution is 0.619. The molecule has 4 heterocycles. The van der Waals surface area contributed by atoms with Crippen molar-refractivity contribution in [2.24, 2.45) is 0 Å². The van der Waals surface area contributed by atoms with E-state index in [1.54, 1.807) is 0 Å². The fourth-order valence-corrected chi connectivity index (χ4v) is 10.6. The van der Waals surface area contributed by atoms with Crippen molar-refractivity contribution in [2.75, 3.05) is 0 Å². The smallest absolute Gasteiger partial charge is 0.227 e. The third-order valence-corrected chi connectivity index (χ3v) is 15.1. The van der Waals surface area contributed by atoms with Gasteiger partial charge in [0.1, 0.15) is 11.0 Å². The maximum atomic E-state index is 5.99. The molecule has 6 heteroatoms. The van der Waals surface area contributed by atoms with Crippen LogP contribution in [0.2, 0.25) is 0 Å². The Kier molecular flexibility index (Phi) is 12.6. The summed E-state index contributed by atoms with van der Waals surface area (Å²) >= 11 is 0. The minimum atomic E-state index is 0.632. The Morgan fingerprint density at radius 1 is 0.250 bits per heavy atom. The van der Waals surface area contributed by atoms with Gasteiger partial charge in [-0.15, -0.1) is 0 Å². The molecule has 80 heavy (non-hydrogen) atoms. The van der Waals surface area contributed by atoms with E-state index < -0.39 is 0 Å². The maximum absolute atomic E-state index is 5.99. The Labute approximate surface area is 464 Å². The lowest BCUT2D eigenvalue weighted by Gasteiger charge is -2.13. The summed E-state index contributed by atoms with van der Waals surface area (Å²) in [4.78, 5) is 19.2. The van der Waals surface area contributed by atoms with Crippen molar-refractivity contribution in [3.05, 3.63) is 290 Å². The Morgan fingerprint density at radius 2 is 0.588 bits per heavy atom. The SMILES string of the molecule is c1ccc(-c2ccc(CCc3ccc(-c4ccc(-c5ccc(-c6ccc(-c7nc8ccccc8o7)cc6)cc5)cc4)cc3)c(-c3ccc(-c4ccc(-c5ccc(-c6ccc(-c7nc8ccccc8o7)cc6)cc5)cc4)cc3)n2)nc1. The molecule has 10 aromatic carbocycles. The van der Waals surface area contributed by atoms with Crippen LogP contribution in [0, 0.1) is 0 Å². The van der Waals surface area contributed by atoms with Crippen LogP contribution in [-0.2, 0) is 12.8 Å². The third kappa shape index (κ3) is 9.90. The first-order valence-corrected chi connectivity index (χ1v) is 27.0. The number of rotatable bonds is 13. The normalized spacial score (nSPS) is 11.3. The number of pyridine rings is 2. The van der Waals surface area contributed by atoms with Crippen LogP contribution in [0.25, 0.3) is 135 Å². The lowest BCUT2D eigenvalue weighted by atomic mass is 9.95. The Hall–Kier alpha value is -10.6. The van der Waals surface area contributed by atoms with Crippen LogP contribution in [0.1, 0.15) is 11.1 Å². The number of para-hydroxylation sites is 4. The van der Waals surface area contributed by atoms with E-state index >= 15 is 0 Å². The van der Waals surface area contributed by atoms with Gasteiger partial charge >= 0.3 is 0 Å². The van der Waals surface area contributed by atoms with Crippen molar-refractivity contribution in [3.8, 4) is 112 Å². The van der Waals surface area contributed by atoms with Crippen molar-refractivity contribution in [1.82, 2.24) is 19.9 Å². The molecule has 0 spiro atoms. The molecule has 0 aliphatic heterocycles. The molecular formula is C74H50N4O2. The molecular weight excluding hydrogens is 977 g/mol. The predicted molar refractivity (Wildman–Crippen MR) is 325 cm³/mol. The second kappa shape index (κ2) is 21.1. The number of benzene rings is 10. The molecule has 0 aliphatic rings. The zero-order valence-electron chi connectivity index (χ0n) is 43.6. The second-order valence-corrected chi connectivity index (χ2v) is 20.1. The molecule has 0 saturated heterocycles. The summed E-state index contributed by atoms with van der Waals surface area (Å²) in [5, 5.41) is 0. The minimum Gasteiger partial charge on any atom is -0.436 e. The molecule has 14 rings (SSSR count). The van der Waals surface area contributed by atoms with Gasteiger partial charge in [-0.25, -0.2) is 15.0 Å². The van der Waals surface area contributed by atoms with E-state index in [4.69, 9.17) is 13.8 Å². The number of oxazole rings is 2. The third-order valence-electron chi connectivity index (χ3n) is 15.1. The standard InChI is InChI=1S/C74H50N4O2/c1-3-10-70-68(8-1)77-73(79-70)64-42-36-60(37-43-64)57-30-24-54(25-31-57)52-20-18-51(19-21-52)50-15-12-49(13-16-50)14-17-62-46-47-67(66-7-5-6-48-75-66)76-72(62)63-40-34-59(35-41-63)56-28-22-53(23-29-56)55-26-32-58(33-27-55)61-38-44-65(45-39-61)74-78-69-9-2-4-11-71(69)80-74/h1-13,15-16,18-48H,14,17H2. The van der Waals surface area contributed by atoms with Crippen molar-refractivity contribution >= 4 is 22.2 Å². The summed E-state index contributed by atoms with van der Waals surface area (Å²) < 4.78 is 12.0. The van der Waals surface area contributed by atoms with Gasteiger partial charge < -0.3 is 8.83 Å². The van der Waals surface area contributed by atoms with E-state index in [2.05, 4.69) is 221 Å². The summed E-state index contributed by atoms with van der Waals surface area (Å²) in [6.07, 6.45) is 3.56. The predicted octanol–water partition coefficient (Wildman–Crippen LogP) is 19.2. The van der Waals surface area contributed by atoms with Crippen LogP contribution >= 0.6 is 0 Å². The fraction of sp³-hybridized carbons (Fsp3) is 0.0270. The molecule has 378 valence electrons. The van der Waals surface area contributed by atoms with Crippen LogP contribution in [0.5, 0.6) is 0 Å². The number of hydrogen-bond donors (Lipinski definition) is 0. The highest BCUT2D eigenvalue weighted by atomic mass is 16.4.